The fraction of sp³-hybridized carbons (Fsp3) is 0.923. The van der Waals surface area contributed by atoms with E-state index < -0.39 is 0 Å². The number of likely N-dealkylation sites (N-methyl/N-ethyl adjacent to an activating group) is 1. The molecule has 104 valence electrons. The normalized spacial score (nSPS) is 32.4. The van der Waals surface area contributed by atoms with E-state index in [0.717, 1.165) is 32.4 Å². The Morgan fingerprint density at radius 1 is 1.50 bits per heavy atom. The molecule has 0 spiro atoms. The molecule has 0 aliphatic carbocycles. The van der Waals surface area contributed by atoms with Crippen LogP contribution in [0.2, 0.25) is 0 Å². The zero-order valence-electron chi connectivity index (χ0n) is 11.4. The Morgan fingerprint density at radius 3 is 2.94 bits per heavy atom. The highest BCUT2D eigenvalue weighted by atomic mass is 16.5. The fourth-order valence-electron chi connectivity index (χ4n) is 2.68. The van der Waals surface area contributed by atoms with E-state index in [1.807, 2.05) is 7.05 Å². The summed E-state index contributed by atoms with van der Waals surface area (Å²) in [6.45, 7) is 2.30. The van der Waals surface area contributed by atoms with Crippen LogP contribution in [0.4, 0.5) is 0 Å². The number of hydrogen-bond acceptors (Lipinski definition) is 4. The van der Waals surface area contributed by atoms with Gasteiger partial charge in [-0.25, -0.2) is 0 Å². The van der Waals surface area contributed by atoms with Crippen LogP contribution in [0.25, 0.3) is 0 Å². The van der Waals surface area contributed by atoms with E-state index in [2.05, 4.69) is 5.32 Å². The number of methoxy groups -OCH3 is 1. The van der Waals surface area contributed by atoms with Crippen molar-refractivity contribution in [2.75, 3.05) is 33.9 Å². The summed E-state index contributed by atoms with van der Waals surface area (Å²) in [6.07, 6.45) is 4.57. The lowest BCUT2D eigenvalue weighted by Crippen LogP contribution is -2.45. The minimum absolute atomic E-state index is 0.0939. The van der Waals surface area contributed by atoms with Gasteiger partial charge in [0.05, 0.1) is 18.2 Å². The van der Waals surface area contributed by atoms with Crippen molar-refractivity contribution in [2.24, 2.45) is 0 Å². The first-order valence-corrected chi connectivity index (χ1v) is 6.83. The van der Waals surface area contributed by atoms with Crippen LogP contribution in [-0.2, 0) is 14.3 Å². The summed E-state index contributed by atoms with van der Waals surface area (Å²) in [5.41, 5.74) is 0. The van der Waals surface area contributed by atoms with Crippen molar-refractivity contribution in [1.29, 1.82) is 0 Å². The second kappa shape index (κ2) is 6.50. The number of nitrogens with zero attached hydrogens (tertiary/aromatic N) is 1. The molecule has 1 amide bonds. The molecular weight excluding hydrogens is 232 g/mol. The lowest BCUT2D eigenvalue weighted by Gasteiger charge is -2.28. The maximum absolute atomic E-state index is 12.2. The predicted octanol–water partition coefficient (Wildman–Crippen LogP) is 0.391. The molecule has 2 aliphatic heterocycles. The number of rotatable bonds is 4. The summed E-state index contributed by atoms with van der Waals surface area (Å²) in [7, 11) is 3.56. The highest BCUT2D eigenvalue weighted by Crippen LogP contribution is 2.16. The molecule has 5 nitrogen and oxygen atoms in total. The van der Waals surface area contributed by atoms with E-state index in [9.17, 15) is 4.79 Å². The molecular formula is C13H24N2O3. The maximum atomic E-state index is 12.2. The molecule has 0 aromatic heterocycles. The van der Waals surface area contributed by atoms with Gasteiger partial charge >= 0.3 is 0 Å². The van der Waals surface area contributed by atoms with Crippen LogP contribution in [-0.4, -0.2) is 62.9 Å². The Morgan fingerprint density at radius 2 is 2.33 bits per heavy atom. The van der Waals surface area contributed by atoms with Crippen molar-refractivity contribution in [3.63, 3.8) is 0 Å². The van der Waals surface area contributed by atoms with Crippen molar-refractivity contribution in [3.8, 4) is 0 Å². The fourth-order valence-corrected chi connectivity index (χ4v) is 2.68. The van der Waals surface area contributed by atoms with Crippen LogP contribution in [0.5, 0.6) is 0 Å². The Labute approximate surface area is 109 Å². The molecule has 0 bridgehead atoms. The minimum Gasteiger partial charge on any atom is -0.380 e. The van der Waals surface area contributed by atoms with Gasteiger partial charge in [0.2, 0.25) is 5.91 Å². The first-order valence-electron chi connectivity index (χ1n) is 6.83. The van der Waals surface area contributed by atoms with Crippen LogP contribution in [0.15, 0.2) is 0 Å². The summed E-state index contributed by atoms with van der Waals surface area (Å²) >= 11 is 0. The predicted molar refractivity (Wildman–Crippen MR) is 68.4 cm³/mol. The number of nitrogens with one attached hydrogen (secondary N) is 1. The van der Waals surface area contributed by atoms with Gasteiger partial charge in [-0.15, -0.1) is 0 Å². The molecule has 5 heteroatoms. The molecule has 2 fully saturated rings. The number of amides is 1. The summed E-state index contributed by atoms with van der Waals surface area (Å²) in [5.74, 6) is 0.156. The molecule has 2 heterocycles. The average Bonchev–Trinajstić information content (AvgIpc) is 2.87. The van der Waals surface area contributed by atoms with Crippen LogP contribution in [0, 0.1) is 0 Å². The third-order valence-electron chi connectivity index (χ3n) is 3.85. The lowest BCUT2D eigenvalue weighted by atomic mass is 10.1. The topological polar surface area (TPSA) is 50.8 Å². The molecule has 18 heavy (non-hydrogen) atoms. The highest BCUT2D eigenvalue weighted by molar-refractivity contribution is 5.82. The Bertz CT molecular complexity index is 279. The third-order valence-corrected chi connectivity index (χ3v) is 3.85. The molecule has 0 aromatic rings. The second-order valence-electron chi connectivity index (χ2n) is 5.26. The first-order chi connectivity index (χ1) is 8.70. The van der Waals surface area contributed by atoms with Crippen molar-refractivity contribution in [1.82, 2.24) is 10.2 Å². The molecule has 0 saturated carbocycles. The van der Waals surface area contributed by atoms with Crippen LogP contribution in [0.1, 0.15) is 25.7 Å². The summed E-state index contributed by atoms with van der Waals surface area (Å²) < 4.78 is 10.9. The van der Waals surface area contributed by atoms with Gasteiger partial charge in [0.25, 0.3) is 0 Å². The van der Waals surface area contributed by atoms with Gasteiger partial charge in [-0.2, -0.15) is 0 Å². The molecule has 3 atom stereocenters. The molecule has 0 aromatic carbocycles. The van der Waals surface area contributed by atoms with Crippen molar-refractivity contribution < 1.29 is 14.3 Å². The van der Waals surface area contributed by atoms with E-state index in [0.29, 0.717) is 6.54 Å². The number of carbonyl (C=O) groups excluding carboxylic acids is 1. The van der Waals surface area contributed by atoms with E-state index in [1.165, 1.54) is 6.42 Å². The Balaban J connectivity index is 1.77. The standard InChI is InChI=1S/C13H24N2O3/c1-15(9-10-5-3-4-6-18-10)13(16)12-7-11(17-2)8-14-12/h10-12,14H,3-9H2,1-2H3. The molecule has 2 aliphatic rings. The monoisotopic (exact) mass is 256 g/mol. The van der Waals surface area contributed by atoms with Crippen molar-refractivity contribution in [3.05, 3.63) is 0 Å². The smallest absolute Gasteiger partial charge is 0.239 e. The van der Waals surface area contributed by atoms with E-state index in [-0.39, 0.29) is 24.2 Å². The van der Waals surface area contributed by atoms with Crippen LogP contribution < -0.4 is 5.32 Å². The molecule has 1 N–H and O–H groups in total. The van der Waals surface area contributed by atoms with Crippen molar-refractivity contribution >= 4 is 5.91 Å². The Hall–Kier alpha value is -0.650. The zero-order chi connectivity index (χ0) is 13.0. The highest BCUT2D eigenvalue weighted by Gasteiger charge is 2.32. The maximum Gasteiger partial charge on any atom is 0.239 e. The average molecular weight is 256 g/mol. The lowest BCUT2D eigenvalue weighted by molar-refractivity contribution is -0.134. The van der Waals surface area contributed by atoms with Gasteiger partial charge < -0.3 is 19.7 Å². The SMILES string of the molecule is COC1CNC(C(=O)N(C)CC2CCCCO2)C1. The summed E-state index contributed by atoms with van der Waals surface area (Å²) in [6, 6.07) is -0.0939. The van der Waals surface area contributed by atoms with Crippen LogP contribution in [0.3, 0.4) is 0 Å². The van der Waals surface area contributed by atoms with E-state index in [4.69, 9.17) is 9.47 Å². The van der Waals surface area contributed by atoms with Crippen molar-refractivity contribution in [2.45, 2.75) is 43.9 Å². The summed E-state index contributed by atoms with van der Waals surface area (Å²) in [5, 5.41) is 3.22. The number of carbonyl (C=O) groups is 1. The third kappa shape index (κ3) is 3.43. The quantitative estimate of drug-likeness (QED) is 0.790. The number of ether oxygens (including phenoxy) is 2. The van der Waals surface area contributed by atoms with Gasteiger partial charge in [-0.05, 0) is 25.7 Å². The molecule has 3 unspecified atom stereocenters. The van der Waals surface area contributed by atoms with Gasteiger partial charge in [0.1, 0.15) is 0 Å². The van der Waals surface area contributed by atoms with Gasteiger partial charge in [0, 0.05) is 33.9 Å². The first kappa shape index (κ1) is 13.8. The second-order valence-corrected chi connectivity index (χ2v) is 5.26. The molecule has 0 radical (unpaired) electrons. The Kier molecular flexibility index (Phi) is 4.97. The largest absolute Gasteiger partial charge is 0.380 e. The number of hydrogen-bond donors (Lipinski definition) is 1. The van der Waals surface area contributed by atoms with Gasteiger partial charge in [0.15, 0.2) is 0 Å². The van der Waals surface area contributed by atoms with Gasteiger partial charge in [-0.3, -0.25) is 4.79 Å². The summed E-state index contributed by atoms with van der Waals surface area (Å²) in [4.78, 5) is 14.0. The zero-order valence-corrected chi connectivity index (χ0v) is 11.4. The molecule has 2 rings (SSSR count). The van der Waals surface area contributed by atoms with Crippen LogP contribution >= 0.6 is 0 Å². The van der Waals surface area contributed by atoms with Gasteiger partial charge in [-0.1, -0.05) is 0 Å². The van der Waals surface area contributed by atoms with E-state index >= 15 is 0 Å². The molecule has 2 saturated heterocycles. The van der Waals surface area contributed by atoms with E-state index in [1.54, 1.807) is 12.0 Å². The minimum atomic E-state index is -0.0939.